The zero-order chi connectivity index (χ0) is 11.0. The van der Waals surface area contributed by atoms with Crippen molar-refractivity contribution in [3.63, 3.8) is 0 Å². The van der Waals surface area contributed by atoms with Crippen molar-refractivity contribution in [3.8, 4) is 11.4 Å². The molecule has 2 aromatic heterocycles. The van der Waals surface area contributed by atoms with E-state index in [0.29, 0.717) is 11.3 Å². The lowest BCUT2D eigenvalue weighted by Crippen LogP contribution is -1.85. The highest BCUT2D eigenvalue weighted by atomic mass is 15.0. The SMILES string of the molecule is Nc1cnc2nc(-c3ccccc3)[nH]c2c1. The summed E-state index contributed by atoms with van der Waals surface area (Å²) < 4.78 is 0. The molecule has 4 heteroatoms. The molecule has 0 radical (unpaired) electrons. The van der Waals surface area contributed by atoms with Crippen molar-refractivity contribution in [2.24, 2.45) is 0 Å². The summed E-state index contributed by atoms with van der Waals surface area (Å²) in [7, 11) is 0. The van der Waals surface area contributed by atoms with Gasteiger partial charge in [-0.15, -0.1) is 0 Å². The molecule has 0 saturated heterocycles. The van der Waals surface area contributed by atoms with Crippen LogP contribution in [0.1, 0.15) is 0 Å². The minimum absolute atomic E-state index is 0.635. The fraction of sp³-hybridized carbons (Fsp3) is 0. The average molecular weight is 210 g/mol. The van der Waals surface area contributed by atoms with Gasteiger partial charge in [0.1, 0.15) is 5.82 Å². The number of hydrogen-bond acceptors (Lipinski definition) is 3. The Morgan fingerprint density at radius 1 is 1.12 bits per heavy atom. The van der Waals surface area contributed by atoms with Crippen LogP contribution in [0.4, 0.5) is 5.69 Å². The number of aromatic nitrogens is 3. The molecule has 0 saturated carbocycles. The molecule has 3 N–H and O–H groups in total. The van der Waals surface area contributed by atoms with E-state index in [4.69, 9.17) is 5.73 Å². The first-order valence-electron chi connectivity index (χ1n) is 4.99. The number of rotatable bonds is 1. The molecule has 16 heavy (non-hydrogen) atoms. The number of aromatic amines is 1. The van der Waals surface area contributed by atoms with Crippen LogP contribution < -0.4 is 5.73 Å². The lowest BCUT2D eigenvalue weighted by Gasteiger charge is -1.93. The van der Waals surface area contributed by atoms with Gasteiger partial charge in [-0.3, -0.25) is 0 Å². The second-order valence-corrected chi connectivity index (χ2v) is 3.59. The topological polar surface area (TPSA) is 67.6 Å². The number of fused-ring (bicyclic) bond motifs is 1. The Balaban J connectivity index is 2.19. The molecule has 0 fully saturated rings. The number of pyridine rings is 1. The highest BCUT2D eigenvalue weighted by molar-refractivity contribution is 5.78. The quantitative estimate of drug-likeness (QED) is 0.647. The monoisotopic (exact) mass is 210 g/mol. The lowest BCUT2D eigenvalue weighted by atomic mass is 10.2. The number of anilines is 1. The average Bonchev–Trinajstić information content (AvgIpc) is 2.73. The van der Waals surface area contributed by atoms with E-state index in [0.717, 1.165) is 16.9 Å². The molecule has 0 amide bonds. The van der Waals surface area contributed by atoms with Gasteiger partial charge in [0.2, 0.25) is 0 Å². The highest BCUT2D eigenvalue weighted by Crippen LogP contribution is 2.19. The van der Waals surface area contributed by atoms with E-state index in [1.54, 1.807) is 6.20 Å². The van der Waals surface area contributed by atoms with E-state index in [-0.39, 0.29) is 0 Å². The first-order chi connectivity index (χ1) is 7.83. The van der Waals surface area contributed by atoms with Gasteiger partial charge in [0.15, 0.2) is 5.65 Å². The maximum absolute atomic E-state index is 5.66. The van der Waals surface area contributed by atoms with Gasteiger partial charge in [-0.05, 0) is 6.07 Å². The summed E-state index contributed by atoms with van der Waals surface area (Å²) >= 11 is 0. The van der Waals surface area contributed by atoms with Gasteiger partial charge in [0.05, 0.1) is 17.4 Å². The molecule has 1 aromatic carbocycles. The van der Waals surface area contributed by atoms with E-state index in [1.807, 2.05) is 36.4 Å². The summed E-state index contributed by atoms with van der Waals surface area (Å²) in [5.74, 6) is 0.814. The fourth-order valence-electron chi connectivity index (χ4n) is 1.65. The molecular formula is C12H10N4. The largest absolute Gasteiger partial charge is 0.397 e. The number of nitrogen functional groups attached to an aromatic ring is 1. The maximum Gasteiger partial charge on any atom is 0.178 e. The minimum atomic E-state index is 0.635. The Hall–Kier alpha value is -2.36. The minimum Gasteiger partial charge on any atom is -0.397 e. The van der Waals surface area contributed by atoms with Crippen molar-refractivity contribution in [3.05, 3.63) is 42.6 Å². The van der Waals surface area contributed by atoms with Gasteiger partial charge in [-0.1, -0.05) is 30.3 Å². The van der Waals surface area contributed by atoms with E-state index in [1.165, 1.54) is 0 Å². The molecular weight excluding hydrogens is 200 g/mol. The van der Waals surface area contributed by atoms with Gasteiger partial charge in [-0.25, -0.2) is 9.97 Å². The molecule has 0 aliphatic carbocycles. The Morgan fingerprint density at radius 3 is 2.75 bits per heavy atom. The van der Waals surface area contributed by atoms with E-state index in [2.05, 4.69) is 15.0 Å². The normalized spacial score (nSPS) is 10.8. The third kappa shape index (κ3) is 1.40. The van der Waals surface area contributed by atoms with Crippen molar-refractivity contribution in [2.45, 2.75) is 0 Å². The standard InChI is InChI=1S/C12H10N4/c13-9-6-10-12(14-7-9)16-11(15-10)8-4-2-1-3-5-8/h1-7H,13H2,(H,14,15,16). The zero-order valence-corrected chi connectivity index (χ0v) is 8.51. The van der Waals surface area contributed by atoms with Crippen molar-refractivity contribution in [1.29, 1.82) is 0 Å². The molecule has 78 valence electrons. The first-order valence-corrected chi connectivity index (χ1v) is 4.99. The number of H-pyrrole nitrogens is 1. The number of nitrogens with two attached hydrogens (primary N) is 1. The number of imidazole rings is 1. The number of nitrogens with zero attached hydrogens (tertiary/aromatic N) is 2. The molecule has 2 heterocycles. The predicted octanol–water partition coefficient (Wildman–Crippen LogP) is 2.21. The molecule has 3 aromatic rings. The van der Waals surface area contributed by atoms with Gasteiger partial charge < -0.3 is 10.7 Å². The van der Waals surface area contributed by atoms with Crippen LogP contribution in [0.5, 0.6) is 0 Å². The van der Waals surface area contributed by atoms with E-state index in [9.17, 15) is 0 Å². The van der Waals surface area contributed by atoms with Gasteiger partial charge in [0, 0.05) is 5.56 Å². The van der Waals surface area contributed by atoms with Crippen molar-refractivity contribution in [2.75, 3.05) is 5.73 Å². The molecule has 0 spiro atoms. The first kappa shape index (κ1) is 8.91. The Bertz CT molecular complexity index is 628. The maximum atomic E-state index is 5.66. The van der Waals surface area contributed by atoms with E-state index >= 15 is 0 Å². The fourth-order valence-corrected chi connectivity index (χ4v) is 1.65. The van der Waals surface area contributed by atoms with Crippen LogP contribution >= 0.6 is 0 Å². The molecule has 0 aliphatic heterocycles. The van der Waals surface area contributed by atoms with Crippen LogP contribution in [0.15, 0.2) is 42.6 Å². The van der Waals surface area contributed by atoms with Crippen LogP contribution in [-0.4, -0.2) is 15.0 Å². The van der Waals surface area contributed by atoms with Gasteiger partial charge in [0.25, 0.3) is 0 Å². The van der Waals surface area contributed by atoms with Crippen molar-refractivity contribution in [1.82, 2.24) is 15.0 Å². The molecule has 4 nitrogen and oxygen atoms in total. The Morgan fingerprint density at radius 2 is 1.94 bits per heavy atom. The lowest BCUT2D eigenvalue weighted by molar-refractivity contribution is 1.30. The number of nitrogens with one attached hydrogen (secondary N) is 1. The summed E-state index contributed by atoms with van der Waals surface area (Å²) in [5.41, 5.74) is 8.89. The number of benzene rings is 1. The van der Waals surface area contributed by atoms with Crippen LogP contribution in [0.25, 0.3) is 22.6 Å². The van der Waals surface area contributed by atoms with Crippen LogP contribution in [0.2, 0.25) is 0 Å². The molecule has 3 rings (SSSR count). The molecule has 0 unspecified atom stereocenters. The molecule has 0 aliphatic rings. The van der Waals surface area contributed by atoms with Crippen molar-refractivity contribution >= 4 is 16.9 Å². The second kappa shape index (κ2) is 3.34. The summed E-state index contributed by atoms with van der Waals surface area (Å²) in [6.45, 7) is 0. The third-order valence-corrected chi connectivity index (χ3v) is 2.41. The van der Waals surface area contributed by atoms with Gasteiger partial charge in [-0.2, -0.15) is 0 Å². The highest BCUT2D eigenvalue weighted by Gasteiger charge is 2.05. The van der Waals surface area contributed by atoms with E-state index < -0.39 is 0 Å². The summed E-state index contributed by atoms with van der Waals surface area (Å²) in [4.78, 5) is 11.8. The van der Waals surface area contributed by atoms with Crippen LogP contribution in [0, 0.1) is 0 Å². The summed E-state index contributed by atoms with van der Waals surface area (Å²) in [6, 6.07) is 11.8. The predicted molar refractivity (Wildman–Crippen MR) is 63.7 cm³/mol. The molecule has 0 bridgehead atoms. The zero-order valence-electron chi connectivity index (χ0n) is 8.51. The third-order valence-electron chi connectivity index (χ3n) is 2.41. The number of hydrogen-bond donors (Lipinski definition) is 2. The summed E-state index contributed by atoms with van der Waals surface area (Å²) in [5, 5.41) is 0. The Kier molecular flexibility index (Phi) is 1.86. The Labute approximate surface area is 92.2 Å². The molecule has 0 atom stereocenters. The summed E-state index contributed by atoms with van der Waals surface area (Å²) in [6.07, 6.45) is 1.61. The van der Waals surface area contributed by atoms with Gasteiger partial charge >= 0.3 is 0 Å². The second-order valence-electron chi connectivity index (χ2n) is 3.59. The van der Waals surface area contributed by atoms with Crippen molar-refractivity contribution < 1.29 is 0 Å². The van der Waals surface area contributed by atoms with Crippen LogP contribution in [0.3, 0.4) is 0 Å². The van der Waals surface area contributed by atoms with Crippen LogP contribution in [-0.2, 0) is 0 Å². The smallest absolute Gasteiger partial charge is 0.178 e.